The van der Waals surface area contributed by atoms with Crippen molar-refractivity contribution in [1.82, 2.24) is 20.7 Å². The number of amides is 1. The molecule has 2 aliphatic rings. The average Bonchev–Trinajstić information content (AvgIpc) is 3.24. The lowest BCUT2D eigenvalue weighted by atomic mass is 9.81. The van der Waals surface area contributed by atoms with Crippen LogP contribution in [-0.2, 0) is 6.42 Å². The summed E-state index contributed by atoms with van der Waals surface area (Å²) < 4.78 is 13.3. The number of hydrazine groups is 1. The van der Waals surface area contributed by atoms with Crippen LogP contribution in [0.4, 0.5) is 4.39 Å². The molecule has 2 saturated heterocycles. The van der Waals surface area contributed by atoms with Gasteiger partial charge in [0.25, 0.3) is 5.91 Å². The number of nitrogens with zero attached hydrogens (tertiary/aromatic N) is 2. The molecule has 2 fully saturated rings. The molecule has 1 aromatic carbocycles. The molecule has 0 spiro atoms. The van der Waals surface area contributed by atoms with Crippen molar-refractivity contribution in [2.75, 3.05) is 19.6 Å². The van der Waals surface area contributed by atoms with Gasteiger partial charge >= 0.3 is 0 Å². The summed E-state index contributed by atoms with van der Waals surface area (Å²) in [7, 11) is 0. The molecule has 1 aromatic heterocycles. The highest BCUT2D eigenvalue weighted by atomic mass is 19.1. The Kier molecular flexibility index (Phi) is 5.69. The SMILES string of the molecule is CCc1cc(C(=O)N2CCCC(C3NNCC3c3ccc(F)cc3)C2)ccn1. The molecule has 0 radical (unpaired) electrons. The Bertz CT molecular complexity index is 826. The van der Waals surface area contributed by atoms with Crippen molar-refractivity contribution in [3.63, 3.8) is 0 Å². The predicted molar refractivity (Wildman–Crippen MR) is 106 cm³/mol. The Labute approximate surface area is 165 Å². The van der Waals surface area contributed by atoms with Crippen molar-refractivity contribution in [3.8, 4) is 0 Å². The summed E-state index contributed by atoms with van der Waals surface area (Å²) in [6.45, 7) is 4.38. The van der Waals surface area contributed by atoms with Crippen LogP contribution in [0.1, 0.15) is 47.3 Å². The van der Waals surface area contributed by atoms with Crippen LogP contribution in [0.2, 0.25) is 0 Å². The second-order valence-electron chi connectivity index (χ2n) is 7.75. The molecule has 0 aliphatic carbocycles. The van der Waals surface area contributed by atoms with E-state index in [4.69, 9.17) is 0 Å². The van der Waals surface area contributed by atoms with E-state index in [9.17, 15) is 9.18 Å². The first kappa shape index (κ1) is 19.0. The Morgan fingerprint density at radius 2 is 2.11 bits per heavy atom. The number of hydrogen-bond acceptors (Lipinski definition) is 4. The zero-order valence-electron chi connectivity index (χ0n) is 16.2. The zero-order valence-corrected chi connectivity index (χ0v) is 16.2. The highest BCUT2D eigenvalue weighted by Gasteiger charge is 2.37. The van der Waals surface area contributed by atoms with E-state index in [2.05, 4.69) is 15.8 Å². The minimum atomic E-state index is -0.211. The number of carbonyl (C=O) groups excluding carboxylic acids is 1. The number of pyridine rings is 1. The van der Waals surface area contributed by atoms with E-state index in [0.717, 1.165) is 55.7 Å². The summed E-state index contributed by atoms with van der Waals surface area (Å²) in [5, 5.41) is 0. The lowest BCUT2D eigenvalue weighted by molar-refractivity contribution is 0.0644. The van der Waals surface area contributed by atoms with E-state index in [1.54, 1.807) is 6.20 Å². The van der Waals surface area contributed by atoms with Gasteiger partial charge in [-0.05, 0) is 55.0 Å². The number of aromatic nitrogens is 1. The highest BCUT2D eigenvalue weighted by Crippen LogP contribution is 2.32. The summed E-state index contributed by atoms with van der Waals surface area (Å²) in [6.07, 6.45) is 4.62. The van der Waals surface area contributed by atoms with E-state index in [1.807, 2.05) is 36.1 Å². The van der Waals surface area contributed by atoms with Gasteiger partial charge in [0.1, 0.15) is 5.82 Å². The van der Waals surface area contributed by atoms with Gasteiger partial charge in [-0.25, -0.2) is 4.39 Å². The first-order valence-corrected chi connectivity index (χ1v) is 10.1. The molecule has 2 aromatic rings. The Balaban J connectivity index is 1.48. The number of hydrogen-bond donors (Lipinski definition) is 2. The number of carbonyl (C=O) groups is 1. The summed E-state index contributed by atoms with van der Waals surface area (Å²) in [4.78, 5) is 19.3. The van der Waals surface area contributed by atoms with E-state index in [-0.39, 0.29) is 23.7 Å². The number of rotatable bonds is 4. The number of piperidine rings is 1. The topological polar surface area (TPSA) is 57.3 Å². The molecule has 2 aliphatic heterocycles. The fraction of sp³-hybridized carbons (Fsp3) is 0.455. The standard InChI is InChI=1S/C22H27FN4O/c1-2-19-12-16(9-10-24-19)22(28)27-11-3-4-17(14-27)21-20(13-25-26-21)15-5-7-18(23)8-6-15/h5-10,12,17,20-21,25-26H,2-4,11,13-14H2,1H3. The monoisotopic (exact) mass is 382 g/mol. The largest absolute Gasteiger partial charge is 0.338 e. The van der Waals surface area contributed by atoms with Crippen molar-refractivity contribution < 1.29 is 9.18 Å². The molecule has 4 rings (SSSR count). The molecule has 6 heteroatoms. The number of likely N-dealkylation sites (tertiary alicyclic amines) is 1. The van der Waals surface area contributed by atoms with Crippen LogP contribution >= 0.6 is 0 Å². The van der Waals surface area contributed by atoms with Gasteiger partial charge in [-0.3, -0.25) is 20.6 Å². The predicted octanol–water partition coefficient (Wildman–Crippen LogP) is 2.90. The third-order valence-corrected chi connectivity index (χ3v) is 6.00. The second kappa shape index (κ2) is 8.37. The van der Waals surface area contributed by atoms with Gasteiger partial charge in [-0.2, -0.15) is 0 Å². The van der Waals surface area contributed by atoms with Gasteiger partial charge in [0.2, 0.25) is 0 Å². The smallest absolute Gasteiger partial charge is 0.253 e. The maximum atomic E-state index is 13.3. The van der Waals surface area contributed by atoms with Crippen molar-refractivity contribution in [2.24, 2.45) is 5.92 Å². The fourth-order valence-electron chi connectivity index (χ4n) is 4.47. The fourth-order valence-corrected chi connectivity index (χ4v) is 4.47. The number of benzene rings is 1. The number of halogens is 1. The summed E-state index contributed by atoms with van der Waals surface area (Å²) in [6, 6.07) is 10.7. The van der Waals surface area contributed by atoms with Crippen LogP contribution < -0.4 is 10.9 Å². The van der Waals surface area contributed by atoms with Gasteiger partial charge in [-0.15, -0.1) is 0 Å². The van der Waals surface area contributed by atoms with Crippen molar-refractivity contribution in [1.29, 1.82) is 0 Å². The third kappa shape index (κ3) is 3.93. The van der Waals surface area contributed by atoms with Crippen molar-refractivity contribution >= 4 is 5.91 Å². The molecular formula is C22H27FN4O. The lowest BCUT2D eigenvalue weighted by Crippen LogP contribution is -2.48. The van der Waals surface area contributed by atoms with Gasteiger partial charge in [0.05, 0.1) is 0 Å². The maximum absolute atomic E-state index is 13.3. The van der Waals surface area contributed by atoms with Crippen molar-refractivity contribution in [3.05, 3.63) is 65.2 Å². The molecule has 5 nitrogen and oxygen atoms in total. The van der Waals surface area contributed by atoms with Crippen LogP contribution in [0.3, 0.4) is 0 Å². The Hall–Kier alpha value is -2.31. The van der Waals surface area contributed by atoms with Crippen LogP contribution in [0.15, 0.2) is 42.6 Å². The lowest BCUT2D eigenvalue weighted by Gasteiger charge is -2.37. The number of aryl methyl sites for hydroxylation is 1. The molecule has 28 heavy (non-hydrogen) atoms. The third-order valence-electron chi connectivity index (χ3n) is 6.00. The van der Waals surface area contributed by atoms with Crippen LogP contribution in [0.5, 0.6) is 0 Å². The van der Waals surface area contributed by atoms with Gasteiger partial charge < -0.3 is 4.90 Å². The first-order chi connectivity index (χ1) is 13.7. The van der Waals surface area contributed by atoms with Crippen molar-refractivity contribution in [2.45, 2.75) is 38.1 Å². The molecule has 3 atom stereocenters. The van der Waals surface area contributed by atoms with E-state index >= 15 is 0 Å². The Morgan fingerprint density at radius 1 is 1.29 bits per heavy atom. The molecular weight excluding hydrogens is 355 g/mol. The van der Waals surface area contributed by atoms with E-state index in [0.29, 0.717) is 5.92 Å². The molecule has 2 N–H and O–H groups in total. The van der Waals surface area contributed by atoms with Gasteiger partial charge in [0, 0.05) is 49.0 Å². The maximum Gasteiger partial charge on any atom is 0.253 e. The van der Waals surface area contributed by atoms with E-state index in [1.165, 1.54) is 12.1 Å². The zero-order chi connectivity index (χ0) is 19.5. The average molecular weight is 382 g/mol. The van der Waals surface area contributed by atoms with Crippen LogP contribution in [0, 0.1) is 11.7 Å². The van der Waals surface area contributed by atoms with Gasteiger partial charge in [-0.1, -0.05) is 19.1 Å². The molecule has 0 saturated carbocycles. The summed E-state index contributed by atoms with van der Waals surface area (Å²) in [5.41, 5.74) is 9.48. The minimum Gasteiger partial charge on any atom is -0.338 e. The van der Waals surface area contributed by atoms with Gasteiger partial charge in [0.15, 0.2) is 0 Å². The number of nitrogens with one attached hydrogen (secondary N) is 2. The first-order valence-electron chi connectivity index (χ1n) is 10.1. The van der Waals surface area contributed by atoms with E-state index < -0.39 is 0 Å². The minimum absolute atomic E-state index is 0.0890. The molecule has 1 amide bonds. The second-order valence-corrected chi connectivity index (χ2v) is 7.75. The molecule has 0 bridgehead atoms. The quantitative estimate of drug-likeness (QED) is 0.854. The van der Waals surface area contributed by atoms with Crippen LogP contribution in [-0.4, -0.2) is 41.5 Å². The normalized spacial score (nSPS) is 25.1. The van der Waals surface area contributed by atoms with Crippen LogP contribution in [0.25, 0.3) is 0 Å². The summed E-state index contributed by atoms with van der Waals surface area (Å²) in [5.74, 6) is 0.507. The molecule has 3 heterocycles. The molecule has 148 valence electrons. The highest BCUT2D eigenvalue weighted by molar-refractivity contribution is 5.94. The molecule has 3 unspecified atom stereocenters. The Morgan fingerprint density at radius 3 is 2.89 bits per heavy atom. The summed E-state index contributed by atoms with van der Waals surface area (Å²) >= 11 is 0.